The third-order valence-corrected chi connectivity index (χ3v) is 6.09. The van der Waals surface area contributed by atoms with Crippen LogP contribution in [-0.4, -0.2) is 62.4 Å². The molecular weight excluding hydrogens is 446 g/mol. The molecule has 35 heavy (non-hydrogen) atoms. The fraction of sp³-hybridized carbons (Fsp3) is 0.407. The quantitative estimate of drug-likeness (QED) is 0.473. The minimum atomic E-state index is -0.0998. The van der Waals surface area contributed by atoms with Crippen molar-refractivity contribution in [3.05, 3.63) is 65.5 Å². The normalized spacial score (nSPS) is 14.9. The molecule has 3 aromatic rings. The number of oxazole rings is 1. The van der Waals surface area contributed by atoms with Crippen molar-refractivity contribution in [2.24, 2.45) is 0 Å². The Hall–Kier alpha value is -3.36. The summed E-state index contributed by atoms with van der Waals surface area (Å²) in [5.74, 6) is 2.47. The summed E-state index contributed by atoms with van der Waals surface area (Å²) in [7, 11) is 1.64. The summed E-state index contributed by atoms with van der Waals surface area (Å²) < 4.78 is 22.6. The fourth-order valence-electron chi connectivity index (χ4n) is 4.23. The van der Waals surface area contributed by atoms with Crippen molar-refractivity contribution in [3.8, 4) is 23.0 Å². The topological polar surface area (TPSA) is 86.1 Å². The van der Waals surface area contributed by atoms with Crippen molar-refractivity contribution >= 4 is 5.91 Å². The van der Waals surface area contributed by atoms with E-state index < -0.39 is 0 Å². The van der Waals surface area contributed by atoms with E-state index in [0.29, 0.717) is 55.2 Å². The molecule has 2 heterocycles. The Morgan fingerprint density at radius 3 is 2.63 bits per heavy atom. The van der Waals surface area contributed by atoms with E-state index in [1.54, 1.807) is 7.11 Å². The number of hydrogen-bond donors (Lipinski definition) is 1. The summed E-state index contributed by atoms with van der Waals surface area (Å²) in [4.78, 5) is 19.8. The van der Waals surface area contributed by atoms with Crippen LogP contribution in [0.5, 0.6) is 11.5 Å². The molecule has 0 radical (unpaired) electrons. The van der Waals surface area contributed by atoms with Gasteiger partial charge in [-0.1, -0.05) is 24.3 Å². The lowest BCUT2D eigenvalue weighted by Gasteiger charge is -2.35. The van der Waals surface area contributed by atoms with Gasteiger partial charge < -0.3 is 23.9 Å². The maximum atomic E-state index is 12.9. The van der Waals surface area contributed by atoms with Gasteiger partial charge in [-0.2, -0.15) is 0 Å². The van der Waals surface area contributed by atoms with Crippen molar-refractivity contribution in [1.29, 1.82) is 0 Å². The number of aromatic nitrogens is 1. The average Bonchev–Trinajstić information content (AvgIpc) is 3.26. The first-order valence-corrected chi connectivity index (χ1v) is 12.0. The van der Waals surface area contributed by atoms with Crippen LogP contribution in [0.15, 0.2) is 52.9 Å². The van der Waals surface area contributed by atoms with Crippen LogP contribution in [0.1, 0.15) is 30.0 Å². The monoisotopic (exact) mass is 479 g/mol. The Labute approximate surface area is 206 Å². The number of aryl methyl sites for hydroxylation is 1. The van der Waals surface area contributed by atoms with Gasteiger partial charge in [0.05, 0.1) is 45.1 Å². The predicted molar refractivity (Wildman–Crippen MR) is 133 cm³/mol. The Kier molecular flexibility index (Phi) is 8.39. The van der Waals surface area contributed by atoms with Crippen LogP contribution in [0.25, 0.3) is 11.5 Å². The molecule has 1 fully saturated rings. The van der Waals surface area contributed by atoms with Crippen molar-refractivity contribution < 1.29 is 23.4 Å². The summed E-state index contributed by atoms with van der Waals surface area (Å²) in [6.45, 7) is 7.71. The maximum Gasteiger partial charge on any atom is 0.226 e. The molecule has 8 nitrogen and oxygen atoms in total. The lowest BCUT2D eigenvalue weighted by molar-refractivity contribution is -0.120. The molecule has 0 saturated carbocycles. The van der Waals surface area contributed by atoms with Crippen molar-refractivity contribution in [1.82, 2.24) is 15.2 Å². The highest BCUT2D eigenvalue weighted by Crippen LogP contribution is 2.32. The van der Waals surface area contributed by atoms with E-state index in [1.165, 1.54) is 0 Å². The first-order chi connectivity index (χ1) is 17.1. The van der Waals surface area contributed by atoms with Gasteiger partial charge in [0.25, 0.3) is 0 Å². The number of carbonyl (C=O) groups is 1. The molecular formula is C27H33N3O5. The summed E-state index contributed by atoms with van der Waals surface area (Å²) >= 11 is 0. The first-order valence-electron chi connectivity index (χ1n) is 12.0. The number of rotatable bonds is 10. The second-order valence-electron chi connectivity index (χ2n) is 8.38. The number of methoxy groups -OCH3 is 1. The zero-order chi connectivity index (χ0) is 24.6. The van der Waals surface area contributed by atoms with Gasteiger partial charge >= 0.3 is 0 Å². The number of amides is 1. The molecule has 1 unspecified atom stereocenters. The summed E-state index contributed by atoms with van der Waals surface area (Å²) in [5, 5.41) is 3.11. The van der Waals surface area contributed by atoms with Crippen LogP contribution in [0.2, 0.25) is 0 Å². The van der Waals surface area contributed by atoms with E-state index >= 15 is 0 Å². The Bertz CT molecular complexity index is 1110. The molecule has 1 aromatic heterocycles. The Morgan fingerprint density at radius 1 is 1.14 bits per heavy atom. The number of hydrogen-bond acceptors (Lipinski definition) is 7. The lowest BCUT2D eigenvalue weighted by Crippen LogP contribution is -2.44. The van der Waals surface area contributed by atoms with E-state index in [-0.39, 0.29) is 18.4 Å². The average molecular weight is 480 g/mol. The highest BCUT2D eigenvalue weighted by atomic mass is 16.5. The van der Waals surface area contributed by atoms with E-state index in [2.05, 4.69) is 15.2 Å². The van der Waals surface area contributed by atoms with E-state index in [9.17, 15) is 4.79 Å². The fourth-order valence-corrected chi connectivity index (χ4v) is 4.23. The largest absolute Gasteiger partial charge is 0.493 e. The van der Waals surface area contributed by atoms with E-state index in [0.717, 1.165) is 24.2 Å². The number of ether oxygens (including phenoxy) is 3. The molecule has 0 spiro atoms. The SMILES string of the molecule is CCOc1ccc(C(CNC(=O)Cc2nc(-c3ccccc3)oc2C)N2CCOCC2)cc1OC. The maximum absolute atomic E-state index is 12.9. The predicted octanol–water partition coefficient (Wildman–Crippen LogP) is 3.79. The second-order valence-corrected chi connectivity index (χ2v) is 8.38. The minimum Gasteiger partial charge on any atom is -0.493 e. The zero-order valence-corrected chi connectivity index (χ0v) is 20.6. The molecule has 8 heteroatoms. The van der Waals surface area contributed by atoms with Gasteiger partial charge in [0.15, 0.2) is 11.5 Å². The van der Waals surface area contributed by atoms with Gasteiger partial charge in [0.2, 0.25) is 11.8 Å². The summed E-state index contributed by atoms with van der Waals surface area (Å²) in [6, 6.07) is 15.6. The van der Waals surface area contributed by atoms with Gasteiger partial charge in [0, 0.05) is 25.2 Å². The number of nitrogens with zero attached hydrogens (tertiary/aromatic N) is 2. The van der Waals surface area contributed by atoms with Crippen LogP contribution >= 0.6 is 0 Å². The van der Waals surface area contributed by atoms with Gasteiger partial charge in [0.1, 0.15) is 5.76 Å². The molecule has 1 N–H and O–H groups in total. The number of benzene rings is 2. The van der Waals surface area contributed by atoms with E-state index in [4.69, 9.17) is 18.6 Å². The molecule has 1 aliphatic heterocycles. The first kappa shape index (κ1) is 24.8. The summed E-state index contributed by atoms with van der Waals surface area (Å²) in [6.07, 6.45) is 0.157. The molecule has 1 amide bonds. The number of carbonyl (C=O) groups excluding carboxylic acids is 1. The molecule has 186 valence electrons. The van der Waals surface area contributed by atoms with Gasteiger partial charge in [-0.05, 0) is 43.7 Å². The molecule has 1 atom stereocenters. The molecule has 4 rings (SSSR count). The minimum absolute atomic E-state index is 0.0225. The Balaban J connectivity index is 1.46. The molecule has 0 bridgehead atoms. The Morgan fingerprint density at radius 2 is 1.91 bits per heavy atom. The standard InChI is InChI=1S/C27H33N3O5/c1-4-34-24-11-10-21(16-25(24)32-3)23(30-12-14-33-15-13-30)18-28-26(31)17-22-19(2)35-27(29-22)20-8-6-5-7-9-20/h5-11,16,23H,4,12-15,17-18H2,1-3H3,(H,28,31). The highest BCUT2D eigenvalue weighted by Gasteiger charge is 2.25. The van der Waals surface area contributed by atoms with Crippen molar-refractivity contribution in [3.63, 3.8) is 0 Å². The van der Waals surface area contributed by atoms with Crippen LogP contribution in [0, 0.1) is 6.92 Å². The molecule has 1 aliphatic rings. The third kappa shape index (κ3) is 6.21. The second kappa shape index (κ2) is 11.9. The van der Waals surface area contributed by atoms with Crippen LogP contribution < -0.4 is 14.8 Å². The van der Waals surface area contributed by atoms with Crippen LogP contribution in [0.3, 0.4) is 0 Å². The molecule has 1 saturated heterocycles. The van der Waals surface area contributed by atoms with E-state index in [1.807, 2.05) is 62.4 Å². The lowest BCUT2D eigenvalue weighted by atomic mass is 10.0. The van der Waals surface area contributed by atoms with Crippen LogP contribution in [-0.2, 0) is 16.0 Å². The zero-order valence-electron chi connectivity index (χ0n) is 20.6. The molecule has 2 aromatic carbocycles. The van der Waals surface area contributed by atoms with Gasteiger partial charge in [-0.25, -0.2) is 4.98 Å². The third-order valence-electron chi connectivity index (χ3n) is 6.09. The van der Waals surface area contributed by atoms with Crippen molar-refractivity contribution in [2.75, 3.05) is 46.6 Å². The summed E-state index contributed by atoms with van der Waals surface area (Å²) in [5.41, 5.74) is 2.59. The smallest absolute Gasteiger partial charge is 0.226 e. The molecule has 0 aliphatic carbocycles. The van der Waals surface area contributed by atoms with Gasteiger partial charge in [-0.15, -0.1) is 0 Å². The van der Waals surface area contributed by atoms with Crippen molar-refractivity contribution in [2.45, 2.75) is 26.3 Å². The number of morpholine rings is 1. The highest BCUT2D eigenvalue weighted by molar-refractivity contribution is 5.78. The number of nitrogens with one attached hydrogen (secondary N) is 1. The van der Waals surface area contributed by atoms with Crippen LogP contribution in [0.4, 0.5) is 0 Å². The van der Waals surface area contributed by atoms with Gasteiger partial charge in [-0.3, -0.25) is 9.69 Å².